The van der Waals surface area contributed by atoms with Crippen LogP contribution >= 0.6 is 11.8 Å². The average Bonchev–Trinajstić information content (AvgIpc) is 2.86. The largest absolute Gasteiger partial charge is 0.388 e. The Morgan fingerprint density at radius 3 is 2.74 bits per heavy atom. The van der Waals surface area contributed by atoms with E-state index in [1.807, 2.05) is 24.3 Å². The number of benzene rings is 1. The molecule has 4 nitrogen and oxygen atoms in total. The van der Waals surface area contributed by atoms with E-state index in [2.05, 4.69) is 10.6 Å². The third kappa shape index (κ3) is 3.96. The highest BCUT2D eigenvalue weighted by Gasteiger charge is 2.30. The monoisotopic (exact) mass is 280 g/mol. The minimum absolute atomic E-state index is 0.0724. The fourth-order valence-corrected chi connectivity index (χ4v) is 3.39. The van der Waals surface area contributed by atoms with Gasteiger partial charge in [-0.3, -0.25) is 4.79 Å². The molecular formula is C14H20N2O2S. The lowest BCUT2D eigenvalue weighted by Gasteiger charge is -2.21. The first-order valence-electron chi connectivity index (χ1n) is 6.45. The first-order valence-corrected chi connectivity index (χ1v) is 7.60. The van der Waals surface area contributed by atoms with Gasteiger partial charge in [-0.05, 0) is 29.9 Å². The SMILES string of the molecule is CNC(=O)c1ccc(CNCC2(O)CCSC2)cc1. The average molecular weight is 280 g/mol. The molecule has 1 aliphatic heterocycles. The Bertz CT molecular complexity index is 428. The Kier molecular flexibility index (Phi) is 4.85. The summed E-state index contributed by atoms with van der Waals surface area (Å²) < 4.78 is 0. The predicted octanol–water partition coefficient (Wildman–Crippen LogP) is 1.00. The van der Waals surface area contributed by atoms with Crippen molar-refractivity contribution >= 4 is 17.7 Å². The predicted molar refractivity (Wildman–Crippen MR) is 78.4 cm³/mol. The van der Waals surface area contributed by atoms with Crippen molar-refractivity contribution in [3.8, 4) is 0 Å². The zero-order chi connectivity index (χ0) is 13.7. The number of carbonyl (C=O) groups is 1. The summed E-state index contributed by atoms with van der Waals surface area (Å²) in [5.41, 5.74) is 1.23. The third-order valence-electron chi connectivity index (χ3n) is 3.31. The second-order valence-corrected chi connectivity index (χ2v) is 6.01. The Hall–Kier alpha value is -1.04. The van der Waals surface area contributed by atoms with Crippen molar-refractivity contribution in [2.24, 2.45) is 0 Å². The van der Waals surface area contributed by atoms with Crippen LogP contribution in [0.4, 0.5) is 0 Å². The zero-order valence-electron chi connectivity index (χ0n) is 11.1. The molecule has 5 heteroatoms. The number of thioether (sulfide) groups is 1. The number of hydrogen-bond acceptors (Lipinski definition) is 4. The number of hydrogen-bond donors (Lipinski definition) is 3. The van der Waals surface area contributed by atoms with Crippen LogP contribution in [0.2, 0.25) is 0 Å². The van der Waals surface area contributed by atoms with Crippen LogP contribution in [0.3, 0.4) is 0 Å². The van der Waals surface area contributed by atoms with Gasteiger partial charge in [-0.1, -0.05) is 12.1 Å². The van der Waals surface area contributed by atoms with Crippen molar-refractivity contribution in [2.45, 2.75) is 18.6 Å². The minimum Gasteiger partial charge on any atom is -0.388 e. The quantitative estimate of drug-likeness (QED) is 0.753. The van der Waals surface area contributed by atoms with Crippen LogP contribution in [0.1, 0.15) is 22.3 Å². The molecule has 1 aromatic rings. The van der Waals surface area contributed by atoms with Gasteiger partial charge in [0, 0.05) is 31.5 Å². The Labute approximate surface area is 118 Å². The highest BCUT2D eigenvalue weighted by Crippen LogP contribution is 2.26. The molecule has 0 spiro atoms. The number of carbonyl (C=O) groups excluding carboxylic acids is 1. The molecule has 1 heterocycles. The molecule has 1 aromatic carbocycles. The molecule has 2 rings (SSSR count). The van der Waals surface area contributed by atoms with Crippen LogP contribution < -0.4 is 10.6 Å². The van der Waals surface area contributed by atoms with E-state index in [1.54, 1.807) is 18.8 Å². The molecule has 1 fully saturated rings. The van der Waals surface area contributed by atoms with Crippen LogP contribution in [0.15, 0.2) is 24.3 Å². The van der Waals surface area contributed by atoms with Gasteiger partial charge in [-0.25, -0.2) is 0 Å². The first kappa shape index (κ1) is 14.4. The van der Waals surface area contributed by atoms with Gasteiger partial charge < -0.3 is 15.7 Å². The van der Waals surface area contributed by atoms with Crippen LogP contribution in [-0.2, 0) is 6.54 Å². The highest BCUT2D eigenvalue weighted by atomic mass is 32.2. The lowest BCUT2D eigenvalue weighted by Crippen LogP contribution is -2.40. The molecule has 0 aliphatic carbocycles. The first-order chi connectivity index (χ1) is 9.13. The summed E-state index contributed by atoms with van der Waals surface area (Å²) in [6, 6.07) is 7.50. The van der Waals surface area contributed by atoms with Gasteiger partial charge >= 0.3 is 0 Å². The molecule has 3 N–H and O–H groups in total. The number of nitrogens with one attached hydrogen (secondary N) is 2. The summed E-state index contributed by atoms with van der Waals surface area (Å²) >= 11 is 1.80. The summed E-state index contributed by atoms with van der Waals surface area (Å²) in [4.78, 5) is 11.4. The van der Waals surface area contributed by atoms with E-state index < -0.39 is 5.60 Å². The fourth-order valence-electron chi connectivity index (χ4n) is 2.09. The topological polar surface area (TPSA) is 61.4 Å². The summed E-state index contributed by atoms with van der Waals surface area (Å²) in [6.45, 7) is 1.33. The van der Waals surface area contributed by atoms with Gasteiger partial charge in [0.1, 0.15) is 0 Å². The molecule has 0 radical (unpaired) electrons. The van der Waals surface area contributed by atoms with Crippen LogP contribution in [0, 0.1) is 0 Å². The fraction of sp³-hybridized carbons (Fsp3) is 0.500. The molecule has 1 atom stereocenters. The maximum atomic E-state index is 11.4. The highest BCUT2D eigenvalue weighted by molar-refractivity contribution is 7.99. The molecule has 0 saturated carbocycles. The van der Waals surface area contributed by atoms with Crippen LogP contribution in [-0.4, -0.2) is 41.7 Å². The Morgan fingerprint density at radius 1 is 1.42 bits per heavy atom. The number of aliphatic hydroxyl groups is 1. The Balaban J connectivity index is 1.81. The van der Waals surface area contributed by atoms with Gasteiger partial charge in [-0.15, -0.1) is 0 Å². The summed E-state index contributed by atoms with van der Waals surface area (Å²) in [6.07, 6.45) is 0.861. The molecule has 104 valence electrons. The molecule has 1 aliphatic rings. The number of amides is 1. The van der Waals surface area contributed by atoms with Gasteiger partial charge in [0.15, 0.2) is 0 Å². The second-order valence-electron chi connectivity index (χ2n) is 4.91. The zero-order valence-corrected chi connectivity index (χ0v) is 11.9. The molecule has 1 saturated heterocycles. The Morgan fingerprint density at radius 2 is 2.16 bits per heavy atom. The summed E-state index contributed by atoms with van der Waals surface area (Å²) in [5, 5.41) is 16.1. The lowest BCUT2D eigenvalue weighted by atomic mass is 10.0. The molecular weight excluding hydrogens is 260 g/mol. The maximum absolute atomic E-state index is 11.4. The van der Waals surface area contributed by atoms with Crippen LogP contribution in [0.5, 0.6) is 0 Å². The summed E-state index contributed by atoms with van der Waals surface area (Å²) in [7, 11) is 1.62. The molecule has 0 aromatic heterocycles. The van der Waals surface area contributed by atoms with Crippen molar-refractivity contribution in [1.29, 1.82) is 0 Å². The van der Waals surface area contributed by atoms with Crippen LogP contribution in [0.25, 0.3) is 0 Å². The molecule has 0 bridgehead atoms. The maximum Gasteiger partial charge on any atom is 0.251 e. The van der Waals surface area contributed by atoms with E-state index >= 15 is 0 Å². The molecule has 1 amide bonds. The number of rotatable bonds is 5. The van der Waals surface area contributed by atoms with Crippen molar-refractivity contribution < 1.29 is 9.90 Å². The normalized spacial score (nSPS) is 22.4. The molecule has 19 heavy (non-hydrogen) atoms. The van der Waals surface area contributed by atoms with E-state index in [-0.39, 0.29) is 5.91 Å². The van der Waals surface area contributed by atoms with Crippen molar-refractivity contribution in [3.63, 3.8) is 0 Å². The van der Waals surface area contributed by atoms with Crippen molar-refractivity contribution in [3.05, 3.63) is 35.4 Å². The minimum atomic E-state index is -0.549. The molecule has 1 unspecified atom stereocenters. The smallest absolute Gasteiger partial charge is 0.251 e. The van der Waals surface area contributed by atoms with E-state index in [1.165, 1.54) is 0 Å². The van der Waals surface area contributed by atoms with Crippen molar-refractivity contribution in [1.82, 2.24) is 10.6 Å². The van der Waals surface area contributed by atoms with Gasteiger partial charge in [0.25, 0.3) is 5.91 Å². The second kappa shape index (κ2) is 6.41. The van der Waals surface area contributed by atoms with E-state index in [0.29, 0.717) is 18.7 Å². The van der Waals surface area contributed by atoms with E-state index in [0.717, 1.165) is 23.5 Å². The van der Waals surface area contributed by atoms with E-state index in [9.17, 15) is 9.90 Å². The van der Waals surface area contributed by atoms with Gasteiger partial charge in [-0.2, -0.15) is 11.8 Å². The van der Waals surface area contributed by atoms with Gasteiger partial charge in [0.2, 0.25) is 0 Å². The van der Waals surface area contributed by atoms with E-state index in [4.69, 9.17) is 0 Å². The van der Waals surface area contributed by atoms with Crippen molar-refractivity contribution in [2.75, 3.05) is 25.1 Å². The summed E-state index contributed by atoms with van der Waals surface area (Å²) in [5.74, 6) is 1.78. The standard InChI is InChI=1S/C14H20N2O2S/c1-15-13(17)12-4-2-11(3-5-12)8-16-9-14(18)6-7-19-10-14/h2-5,16,18H,6-10H2,1H3,(H,15,17). The lowest BCUT2D eigenvalue weighted by molar-refractivity contribution is 0.0674. The third-order valence-corrected chi connectivity index (χ3v) is 4.54. The van der Waals surface area contributed by atoms with Gasteiger partial charge in [0.05, 0.1) is 5.60 Å².